The molecule has 0 atom stereocenters. The molecule has 118 valence electrons. The summed E-state index contributed by atoms with van der Waals surface area (Å²) in [5, 5.41) is 20.0. The lowest BCUT2D eigenvalue weighted by molar-refractivity contribution is 0.317. The molecule has 0 aromatic heterocycles. The molecule has 0 aliphatic rings. The topological polar surface area (TPSA) is 53.2 Å². The Morgan fingerprint density at radius 2 is 2.04 bits per heavy atom. The molecule has 0 saturated heterocycles. The first-order valence-electron chi connectivity index (χ1n) is 6.70. The molecule has 0 aliphatic heterocycles. The fraction of sp³-hybridized carbons (Fsp3) is 0.118. The molecule has 23 heavy (non-hydrogen) atoms. The number of allylic oxidation sites excluding steroid dienone is 1. The molecule has 2 rings (SSSR count). The molecule has 0 radical (unpaired) electrons. The van der Waals surface area contributed by atoms with E-state index in [0.717, 1.165) is 0 Å². The van der Waals surface area contributed by atoms with E-state index in [0.29, 0.717) is 43.0 Å². The summed E-state index contributed by atoms with van der Waals surface area (Å²) >= 11 is 12.9. The van der Waals surface area contributed by atoms with Gasteiger partial charge >= 0.3 is 0 Å². The van der Waals surface area contributed by atoms with Gasteiger partial charge in [-0.15, -0.1) is 0 Å². The average molecular weight is 458 g/mol. The van der Waals surface area contributed by atoms with Crippen LogP contribution in [0.3, 0.4) is 0 Å². The number of hydrogen-bond acceptors (Lipinski definition) is 3. The minimum Gasteiger partial charge on any atom is -0.503 e. The van der Waals surface area contributed by atoms with Crippen LogP contribution in [-0.2, 0) is 0 Å². The van der Waals surface area contributed by atoms with Crippen LogP contribution >= 0.6 is 43.5 Å². The van der Waals surface area contributed by atoms with Crippen LogP contribution in [0.4, 0.5) is 0 Å². The third-order valence-electron chi connectivity index (χ3n) is 3.06. The van der Waals surface area contributed by atoms with Gasteiger partial charge in [0.25, 0.3) is 0 Å². The number of halogens is 3. The van der Waals surface area contributed by atoms with Crippen LogP contribution in [0, 0.1) is 11.3 Å². The normalized spacial score (nSPS) is 11.2. The highest BCUT2D eigenvalue weighted by Crippen LogP contribution is 2.43. The number of hydrogen-bond donors (Lipinski definition) is 1. The van der Waals surface area contributed by atoms with Gasteiger partial charge in [0.1, 0.15) is 0 Å². The van der Waals surface area contributed by atoms with Gasteiger partial charge in [-0.25, -0.2) is 0 Å². The molecular weight excluding hydrogens is 445 g/mol. The summed E-state index contributed by atoms with van der Waals surface area (Å²) < 4.78 is 6.51. The Labute approximate surface area is 156 Å². The zero-order valence-electron chi connectivity index (χ0n) is 12.1. The zero-order valence-corrected chi connectivity index (χ0v) is 16.0. The first-order chi connectivity index (χ1) is 11.0. The van der Waals surface area contributed by atoms with Crippen molar-refractivity contribution in [2.24, 2.45) is 0 Å². The molecule has 0 heterocycles. The van der Waals surface area contributed by atoms with E-state index in [-0.39, 0.29) is 5.75 Å². The Balaban J connectivity index is 2.61. The molecule has 1 N–H and O–H groups in total. The molecule has 6 heteroatoms. The molecule has 0 amide bonds. The van der Waals surface area contributed by atoms with E-state index < -0.39 is 0 Å². The van der Waals surface area contributed by atoms with Crippen LogP contribution in [0.25, 0.3) is 11.6 Å². The average Bonchev–Trinajstić information content (AvgIpc) is 2.55. The number of aromatic hydroxyl groups is 1. The maximum atomic E-state index is 10.1. The van der Waals surface area contributed by atoms with Crippen molar-refractivity contribution in [3.63, 3.8) is 0 Å². The van der Waals surface area contributed by atoms with Crippen molar-refractivity contribution in [2.45, 2.75) is 6.92 Å². The molecule has 0 fully saturated rings. The number of nitrogens with zero attached hydrogens (tertiary/aromatic N) is 1. The third-order valence-corrected chi connectivity index (χ3v) is 5.55. The molecule has 2 aromatic rings. The van der Waals surface area contributed by atoms with Gasteiger partial charge in [0.15, 0.2) is 11.5 Å². The van der Waals surface area contributed by atoms with Gasteiger partial charge in [-0.1, -0.05) is 29.8 Å². The standard InChI is InChI=1S/C17H12Br2ClNO2/c1-2-23-14-8-10(15(18)16(19)17(14)22)7-11(9-21)12-5-3-4-6-13(12)20/h3-8,22H,2H2,1H3. The predicted molar refractivity (Wildman–Crippen MR) is 99.6 cm³/mol. The van der Waals surface area contributed by atoms with Gasteiger partial charge in [-0.3, -0.25) is 0 Å². The first-order valence-corrected chi connectivity index (χ1v) is 8.66. The Morgan fingerprint density at radius 1 is 1.35 bits per heavy atom. The lowest BCUT2D eigenvalue weighted by atomic mass is 10.0. The van der Waals surface area contributed by atoms with Gasteiger partial charge in [0, 0.05) is 15.1 Å². The monoisotopic (exact) mass is 455 g/mol. The van der Waals surface area contributed by atoms with E-state index in [1.807, 2.05) is 13.0 Å². The van der Waals surface area contributed by atoms with Crippen LogP contribution in [0.1, 0.15) is 18.1 Å². The van der Waals surface area contributed by atoms with E-state index in [1.165, 1.54) is 0 Å². The van der Waals surface area contributed by atoms with Crippen molar-refractivity contribution >= 4 is 55.1 Å². The smallest absolute Gasteiger partial charge is 0.173 e. The summed E-state index contributed by atoms with van der Waals surface area (Å²) in [6, 6.07) is 11.0. The summed E-state index contributed by atoms with van der Waals surface area (Å²) in [6.45, 7) is 2.25. The van der Waals surface area contributed by atoms with Crippen molar-refractivity contribution in [3.8, 4) is 17.6 Å². The van der Waals surface area contributed by atoms with Crippen molar-refractivity contribution in [1.82, 2.24) is 0 Å². The molecule has 2 aromatic carbocycles. The van der Waals surface area contributed by atoms with E-state index in [4.69, 9.17) is 16.3 Å². The second kappa shape index (κ2) is 7.87. The number of phenolic OH excluding ortho intramolecular Hbond substituents is 1. The van der Waals surface area contributed by atoms with Crippen LogP contribution in [0.5, 0.6) is 11.5 Å². The van der Waals surface area contributed by atoms with Gasteiger partial charge < -0.3 is 9.84 Å². The Morgan fingerprint density at radius 3 is 2.65 bits per heavy atom. The van der Waals surface area contributed by atoms with Crippen LogP contribution < -0.4 is 4.74 Å². The largest absolute Gasteiger partial charge is 0.503 e. The minimum absolute atomic E-state index is 0.00660. The molecule has 3 nitrogen and oxygen atoms in total. The quantitative estimate of drug-likeness (QED) is 0.450. The van der Waals surface area contributed by atoms with E-state index >= 15 is 0 Å². The van der Waals surface area contributed by atoms with Gasteiger partial charge in [-0.05, 0) is 62.6 Å². The van der Waals surface area contributed by atoms with Crippen molar-refractivity contribution in [3.05, 3.63) is 55.4 Å². The lowest BCUT2D eigenvalue weighted by Gasteiger charge is -2.12. The zero-order chi connectivity index (χ0) is 17.0. The van der Waals surface area contributed by atoms with Crippen LogP contribution in [-0.4, -0.2) is 11.7 Å². The minimum atomic E-state index is 0.00660. The molecule has 0 unspecified atom stereocenters. The Bertz CT molecular complexity index is 813. The summed E-state index contributed by atoms with van der Waals surface area (Å²) in [6.07, 6.45) is 1.69. The highest BCUT2D eigenvalue weighted by Gasteiger charge is 2.15. The van der Waals surface area contributed by atoms with Gasteiger partial charge in [-0.2, -0.15) is 5.26 Å². The number of benzene rings is 2. The molecule has 0 aliphatic carbocycles. The summed E-state index contributed by atoms with van der Waals surface area (Å²) in [7, 11) is 0. The molecule has 0 spiro atoms. The van der Waals surface area contributed by atoms with Crippen molar-refractivity contribution < 1.29 is 9.84 Å². The van der Waals surface area contributed by atoms with Crippen LogP contribution in [0.2, 0.25) is 5.02 Å². The lowest BCUT2D eigenvalue weighted by Crippen LogP contribution is -1.94. The Kier molecular flexibility index (Phi) is 6.11. The molecule has 0 saturated carbocycles. The number of rotatable bonds is 4. The van der Waals surface area contributed by atoms with Crippen LogP contribution in [0.15, 0.2) is 39.3 Å². The van der Waals surface area contributed by atoms with Gasteiger partial charge in [0.05, 0.1) is 22.7 Å². The highest BCUT2D eigenvalue weighted by atomic mass is 79.9. The fourth-order valence-corrected chi connectivity index (χ4v) is 3.07. The van der Waals surface area contributed by atoms with E-state index in [9.17, 15) is 10.4 Å². The second-order valence-electron chi connectivity index (χ2n) is 4.52. The number of nitriles is 1. The summed E-state index contributed by atoms with van der Waals surface area (Å²) in [4.78, 5) is 0. The molecular formula is C17H12Br2ClNO2. The number of ether oxygens (including phenoxy) is 1. The fourth-order valence-electron chi connectivity index (χ4n) is 1.99. The molecule has 0 bridgehead atoms. The summed E-state index contributed by atoms with van der Waals surface area (Å²) in [5.41, 5.74) is 1.75. The SMILES string of the molecule is CCOc1cc(C=C(C#N)c2ccccc2Cl)c(Br)c(Br)c1O. The maximum Gasteiger partial charge on any atom is 0.173 e. The second-order valence-corrected chi connectivity index (χ2v) is 6.52. The van der Waals surface area contributed by atoms with Gasteiger partial charge in [0.2, 0.25) is 0 Å². The number of phenols is 1. The first kappa shape index (κ1) is 17.9. The maximum absolute atomic E-state index is 10.1. The third kappa shape index (κ3) is 3.89. The highest BCUT2D eigenvalue weighted by molar-refractivity contribution is 9.13. The Hall–Kier alpha value is -1.48. The van der Waals surface area contributed by atoms with Crippen molar-refractivity contribution in [1.29, 1.82) is 5.26 Å². The van der Waals surface area contributed by atoms with E-state index in [1.54, 1.807) is 30.3 Å². The van der Waals surface area contributed by atoms with Crippen molar-refractivity contribution in [2.75, 3.05) is 6.61 Å². The van der Waals surface area contributed by atoms with E-state index in [2.05, 4.69) is 37.9 Å². The summed E-state index contributed by atoms with van der Waals surface area (Å²) in [5.74, 6) is 0.345. The predicted octanol–water partition coefficient (Wildman–Crippen LogP) is 6.03.